The molecule has 2 nitrogen and oxygen atoms in total. The number of carboxylic acids is 1. The van der Waals surface area contributed by atoms with Crippen LogP contribution in [0, 0.1) is 17.6 Å². The second-order valence-electron chi connectivity index (χ2n) is 3.95. The lowest BCUT2D eigenvalue weighted by Crippen LogP contribution is -2.23. The van der Waals surface area contributed by atoms with Crippen molar-refractivity contribution in [2.24, 2.45) is 5.92 Å². The molecule has 0 aromatic heterocycles. The second-order valence-corrected chi connectivity index (χ2v) is 3.95. The van der Waals surface area contributed by atoms with Gasteiger partial charge in [0.2, 0.25) is 0 Å². The van der Waals surface area contributed by atoms with Crippen molar-refractivity contribution in [3.63, 3.8) is 0 Å². The summed E-state index contributed by atoms with van der Waals surface area (Å²) >= 11 is 0. The van der Waals surface area contributed by atoms with Gasteiger partial charge in [0, 0.05) is 5.56 Å². The van der Waals surface area contributed by atoms with E-state index in [1.54, 1.807) is 0 Å². The summed E-state index contributed by atoms with van der Waals surface area (Å²) in [7, 11) is 0. The fourth-order valence-corrected chi connectivity index (χ4v) is 2.08. The minimum absolute atomic E-state index is 0.0927. The minimum atomic E-state index is -1.33. The van der Waals surface area contributed by atoms with E-state index in [1.165, 1.54) is 6.08 Å². The Kier molecular flexibility index (Phi) is 2.30. The Morgan fingerprint density at radius 3 is 2.75 bits per heavy atom. The number of halogens is 2. The van der Waals surface area contributed by atoms with Crippen LogP contribution in [0.2, 0.25) is 0 Å². The first-order valence-corrected chi connectivity index (χ1v) is 4.84. The van der Waals surface area contributed by atoms with E-state index >= 15 is 0 Å². The Labute approximate surface area is 91.2 Å². The zero-order chi connectivity index (χ0) is 11.9. The highest BCUT2D eigenvalue weighted by Gasteiger charge is 2.61. The van der Waals surface area contributed by atoms with Crippen LogP contribution in [0.4, 0.5) is 8.78 Å². The molecule has 0 amide bonds. The number of carboxylic acid groups (broad SMARTS) is 1. The fraction of sp³-hybridized carbons (Fsp3) is 0.250. The van der Waals surface area contributed by atoms with Crippen LogP contribution in [-0.4, -0.2) is 11.1 Å². The van der Waals surface area contributed by atoms with Crippen molar-refractivity contribution in [1.29, 1.82) is 0 Å². The third-order valence-corrected chi connectivity index (χ3v) is 3.09. The van der Waals surface area contributed by atoms with E-state index in [0.717, 1.165) is 18.2 Å². The summed E-state index contributed by atoms with van der Waals surface area (Å²) in [5.41, 5.74) is -1.42. The van der Waals surface area contributed by atoms with E-state index in [4.69, 9.17) is 5.11 Å². The lowest BCUT2D eigenvalue weighted by Gasteiger charge is -2.12. The van der Waals surface area contributed by atoms with Gasteiger partial charge in [-0.15, -0.1) is 6.58 Å². The van der Waals surface area contributed by atoms with E-state index in [1.807, 2.05) is 0 Å². The summed E-state index contributed by atoms with van der Waals surface area (Å²) in [6.07, 6.45) is 1.74. The molecule has 1 aliphatic carbocycles. The molecule has 0 saturated heterocycles. The minimum Gasteiger partial charge on any atom is -0.481 e. The van der Waals surface area contributed by atoms with Crippen molar-refractivity contribution in [3.05, 3.63) is 48.1 Å². The second kappa shape index (κ2) is 3.40. The average molecular weight is 224 g/mol. The summed E-state index contributed by atoms with van der Waals surface area (Å²) in [6, 6.07) is 2.88. The standard InChI is InChI=1S/C12H10F2O2/c1-2-7-6-12(7,11(15)16)9-5-8(13)3-4-10(9)14/h2-5,7H,1,6H2,(H,15,16)/t7?,12-/m1/s1. The Morgan fingerprint density at radius 1 is 1.56 bits per heavy atom. The topological polar surface area (TPSA) is 37.3 Å². The third kappa shape index (κ3) is 1.33. The van der Waals surface area contributed by atoms with Crippen LogP contribution >= 0.6 is 0 Å². The number of hydrogen-bond acceptors (Lipinski definition) is 1. The SMILES string of the molecule is C=CC1C[C@]1(C(=O)O)c1cc(F)ccc1F. The van der Waals surface area contributed by atoms with Gasteiger partial charge in [0.05, 0.1) is 0 Å². The van der Waals surface area contributed by atoms with E-state index in [0.29, 0.717) is 0 Å². The van der Waals surface area contributed by atoms with E-state index in [2.05, 4.69) is 6.58 Å². The predicted octanol–water partition coefficient (Wildman–Crippen LogP) is 2.49. The summed E-state index contributed by atoms with van der Waals surface area (Å²) < 4.78 is 26.5. The highest BCUT2D eigenvalue weighted by atomic mass is 19.1. The number of rotatable bonds is 3. The smallest absolute Gasteiger partial charge is 0.314 e. The van der Waals surface area contributed by atoms with Crippen LogP contribution in [0.3, 0.4) is 0 Å². The van der Waals surface area contributed by atoms with Gasteiger partial charge in [0.15, 0.2) is 0 Å². The van der Waals surface area contributed by atoms with Crippen molar-refractivity contribution in [2.75, 3.05) is 0 Å². The number of benzene rings is 1. The van der Waals surface area contributed by atoms with E-state index in [9.17, 15) is 13.6 Å². The van der Waals surface area contributed by atoms with Gasteiger partial charge in [0.1, 0.15) is 17.0 Å². The molecule has 0 spiro atoms. The molecule has 1 unspecified atom stereocenters. The first kappa shape index (κ1) is 10.8. The van der Waals surface area contributed by atoms with Crippen molar-refractivity contribution in [3.8, 4) is 0 Å². The van der Waals surface area contributed by atoms with Crippen LogP contribution in [0.15, 0.2) is 30.9 Å². The molecule has 16 heavy (non-hydrogen) atoms. The summed E-state index contributed by atoms with van der Waals surface area (Å²) in [5, 5.41) is 9.14. The van der Waals surface area contributed by atoms with Gasteiger partial charge in [-0.1, -0.05) is 6.08 Å². The molecule has 1 aliphatic rings. The Bertz CT molecular complexity index is 470. The van der Waals surface area contributed by atoms with Crippen molar-refractivity contribution in [2.45, 2.75) is 11.8 Å². The molecule has 1 aromatic rings. The zero-order valence-electron chi connectivity index (χ0n) is 8.41. The van der Waals surface area contributed by atoms with E-state index in [-0.39, 0.29) is 17.9 Å². The molecule has 1 saturated carbocycles. The maximum absolute atomic E-state index is 13.5. The van der Waals surface area contributed by atoms with Gasteiger partial charge >= 0.3 is 5.97 Å². The first-order chi connectivity index (χ1) is 7.52. The summed E-state index contributed by atoms with van der Waals surface area (Å²) in [6.45, 7) is 3.50. The molecule has 0 radical (unpaired) electrons. The van der Waals surface area contributed by atoms with Gasteiger partial charge in [-0.2, -0.15) is 0 Å². The molecule has 1 N–H and O–H groups in total. The quantitative estimate of drug-likeness (QED) is 0.801. The highest BCUT2D eigenvalue weighted by molar-refractivity contribution is 5.86. The van der Waals surface area contributed by atoms with Crippen LogP contribution in [-0.2, 0) is 10.2 Å². The number of allylic oxidation sites excluding steroid dienone is 1. The number of carbonyl (C=O) groups is 1. The van der Waals surface area contributed by atoms with Gasteiger partial charge in [-0.3, -0.25) is 4.79 Å². The summed E-state index contributed by atoms with van der Waals surface area (Å²) in [5.74, 6) is -2.79. The predicted molar refractivity (Wildman–Crippen MR) is 54.0 cm³/mol. The molecule has 1 aromatic carbocycles. The maximum Gasteiger partial charge on any atom is 0.314 e. The highest BCUT2D eigenvalue weighted by Crippen LogP contribution is 2.55. The molecule has 84 valence electrons. The van der Waals surface area contributed by atoms with Gasteiger partial charge < -0.3 is 5.11 Å². The monoisotopic (exact) mass is 224 g/mol. The molecule has 0 aliphatic heterocycles. The van der Waals surface area contributed by atoms with Crippen LogP contribution < -0.4 is 0 Å². The third-order valence-electron chi connectivity index (χ3n) is 3.09. The van der Waals surface area contributed by atoms with Crippen molar-refractivity contribution < 1.29 is 18.7 Å². The van der Waals surface area contributed by atoms with Crippen molar-refractivity contribution >= 4 is 5.97 Å². The summed E-state index contributed by atoms with van der Waals surface area (Å²) in [4.78, 5) is 11.2. The van der Waals surface area contributed by atoms with E-state index < -0.39 is 23.0 Å². The lowest BCUT2D eigenvalue weighted by molar-refractivity contribution is -0.140. The lowest BCUT2D eigenvalue weighted by atomic mass is 9.92. The molecular weight excluding hydrogens is 214 g/mol. The van der Waals surface area contributed by atoms with Gasteiger partial charge in [-0.05, 0) is 30.5 Å². The fourth-order valence-electron chi connectivity index (χ4n) is 2.08. The normalized spacial score (nSPS) is 27.5. The molecule has 0 heterocycles. The molecule has 0 bridgehead atoms. The molecule has 2 atom stereocenters. The Balaban J connectivity index is 2.54. The maximum atomic E-state index is 13.5. The molecule has 1 fully saturated rings. The van der Waals surface area contributed by atoms with Gasteiger partial charge in [-0.25, -0.2) is 8.78 Å². The van der Waals surface area contributed by atoms with Gasteiger partial charge in [0.25, 0.3) is 0 Å². The molecule has 4 heteroatoms. The molecular formula is C12H10F2O2. The Morgan fingerprint density at radius 2 is 2.25 bits per heavy atom. The zero-order valence-corrected chi connectivity index (χ0v) is 8.41. The molecule has 2 rings (SSSR count). The van der Waals surface area contributed by atoms with Crippen LogP contribution in [0.1, 0.15) is 12.0 Å². The largest absolute Gasteiger partial charge is 0.481 e. The average Bonchev–Trinajstić information content (AvgIpc) is 2.97. The Hall–Kier alpha value is -1.71. The number of aliphatic carboxylic acids is 1. The van der Waals surface area contributed by atoms with Crippen molar-refractivity contribution in [1.82, 2.24) is 0 Å². The van der Waals surface area contributed by atoms with Crippen LogP contribution in [0.5, 0.6) is 0 Å². The first-order valence-electron chi connectivity index (χ1n) is 4.84. The number of hydrogen-bond donors (Lipinski definition) is 1. The van der Waals surface area contributed by atoms with Crippen LogP contribution in [0.25, 0.3) is 0 Å².